The van der Waals surface area contributed by atoms with Gasteiger partial charge in [0.1, 0.15) is 5.82 Å². The molecule has 1 heterocycles. The first-order valence-electron chi connectivity index (χ1n) is 6.84. The Balaban J connectivity index is 1.95. The number of allylic oxidation sites excluding steroid dienone is 1. The van der Waals surface area contributed by atoms with E-state index in [-0.39, 0.29) is 5.82 Å². The summed E-state index contributed by atoms with van der Waals surface area (Å²) in [7, 11) is 1.88. The Morgan fingerprint density at radius 1 is 1.50 bits per heavy atom. The maximum absolute atomic E-state index is 14.0. The van der Waals surface area contributed by atoms with Gasteiger partial charge in [0.05, 0.1) is 21.4 Å². The zero-order valence-corrected chi connectivity index (χ0v) is 13.3. The fraction of sp³-hybridized carbons (Fsp3) is 0.188. The Bertz CT molecular complexity index is 693. The van der Waals surface area contributed by atoms with E-state index < -0.39 is 0 Å². The van der Waals surface area contributed by atoms with Gasteiger partial charge >= 0.3 is 0 Å². The van der Waals surface area contributed by atoms with Crippen LogP contribution in [0.15, 0.2) is 54.9 Å². The molecule has 0 unspecified atom stereocenters. The van der Waals surface area contributed by atoms with Crippen molar-refractivity contribution in [2.75, 3.05) is 18.9 Å². The molecule has 0 spiro atoms. The number of halogens is 1. The first-order chi connectivity index (χ1) is 10.6. The fourth-order valence-electron chi connectivity index (χ4n) is 1.79. The van der Waals surface area contributed by atoms with Crippen molar-refractivity contribution in [3.8, 4) is 0 Å². The number of anilines is 1. The first kappa shape index (κ1) is 16.2. The molecule has 4 nitrogen and oxygen atoms in total. The van der Waals surface area contributed by atoms with Gasteiger partial charge in [-0.25, -0.2) is 14.8 Å². The minimum Gasteiger partial charge on any atom is -0.354 e. The molecule has 0 atom stereocenters. The molecule has 0 radical (unpaired) electrons. The van der Waals surface area contributed by atoms with Crippen molar-refractivity contribution in [2.45, 2.75) is 6.42 Å². The molecule has 1 aromatic heterocycles. The van der Waals surface area contributed by atoms with Crippen molar-refractivity contribution in [1.29, 1.82) is 0 Å². The molecule has 6 heteroatoms. The lowest BCUT2D eigenvalue weighted by molar-refractivity contribution is 0.331. The van der Waals surface area contributed by atoms with Crippen LogP contribution >= 0.6 is 11.3 Å². The Morgan fingerprint density at radius 2 is 2.32 bits per heavy atom. The quantitative estimate of drug-likeness (QED) is 0.335. The third-order valence-electron chi connectivity index (χ3n) is 2.92. The molecule has 2 rings (SSSR count). The van der Waals surface area contributed by atoms with Gasteiger partial charge < -0.3 is 10.3 Å². The van der Waals surface area contributed by atoms with Gasteiger partial charge in [-0.15, -0.1) is 17.9 Å². The van der Waals surface area contributed by atoms with Gasteiger partial charge in [-0.3, -0.25) is 0 Å². The van der Waals surface area contributed by atoms with Crippen molar-refractivity contribution in [1.82, 2.24) is 15.4 Å². The van der Waals surface area contributed by atoms with Crippen LogP contribution in [-0.2, 0) is 0 Å². The summed E-state index contributed by atoms with van der Waals surface area (Å²) in [5.41, 5.74) is 6.59. The largest absolute Gasteiger partial charge is 0.354 e. The summed E-state index contributed by atoms with van der Waals surface area (Å²) in [4.78, 5) is 4.18. The number of hydrogen-bond donors (Lipinski definition) is 2. The summed E-state index contributed by atoms with van der Waals surface area (Å²) in [6, 6.07) is 3.17. The predicted molar refractivity (Wildman–Crippen MR) is 92.1 cm³/mol. The average Bonchev–Trinajstić information content (AvgIpc) is 2.93. The highest BCUT2D eigenvalue weighted by atomic mass is 32.1. The SMILES string of the molecule is C=CCCNN(C)/C=C\C(=C)Nc1cc2ncsc2cc1F. The number of fused-ring (bicyclic) bond motifs is 1. The minimum absolute atomic E-state index is 0.316. The van der Waals surface area contributed by atoms with Crippen LogP contribution in [0.2, 0.25) is 0 Å². The van der Waals surface area contributed by atoms with Gasteiger partial charge in [-0.05, 0) is 24.6 Å². The summed E-state index contributed by atoms with van der Waals surface area (Å²) in [6.07, 6.45) is 6.32. The van der Waals surface area contributed by atoms with E-state index in [1.165, 1.54) is 17.4 Å². The second-order valence-corrected chi connectivity index (χ2v) is 5.60. The second kappa shape index (κ2) is 7.72. The van der Waals surface area contributed by atoms with Crippen LogP contribution in [0.5, 0.6) is 0 Å². The Morgan fingerprint density at radius 3 is 3.09 bits per heavy atom. The third kappa shape index (κ3) is 4.41. The molecule has 0 aliphatic heterocycles. The van der Waals surface area contributed by atoms with Gasteiger partial charge in [0, 0.05) is 25.5 Å². The molecular formula is C16H19FN4S. The molecule has 1 aromatic carbocycles. The summed E-state index contributed by atoms with van der Waals surface area (Å²) in [5, 5.41) is 4.77. The fourth-order valence-corrected chi connectivity index (χ4v) is 2.47. The highest BCUT2D eigenvalue weighted by Gasteiger charge is 2.06. The van der Waals surface area contributed by atoms with E-state index in [2.05, 4.69) is 28.9 Å². The number of rotatable bonds is 8. The van der Waals surface area contributed by atoms with Crippen molar-refractivity contribution >= 4 is 27.2 Å². The third-order valence-corrected chi connectivity index (χ3v) is 3.72. The topological polar surface area (TPSA) is 40.2 Å². The standard InChI is InChI=1S/C16H19FN4S/c1-4-5-7-19-21(3)8-6-12(2)20-14-10-15-16(9-13(14)17)22-11-18-15/h4,6,8-11,19-20H,1-2,5,7H2,3H3/b8-6-. The molecule has 0 saturated heterocycles. The van der Waals surface area contributed by atoms with Crippen LogP contribution in [0, 0.1) is 5.82 Å². The Kier molecular flexibility index (Phi) is 5.68. The number of benzene rings is 1. The molecule has 22 heavy (non-hydrogen) atoms. The number of thiazole rings is 1. The van der Waals surface area contributed by atoms with Crippen LogP contribution in [0.4, 0.5) is 10.1 Å². The lowest BCUT2D eigenvalue weighted by Crippen LogP contribution is -2.30. The van der Waals surface area contributed by atoms with Crippen molar-refractivity contribution in [3.63, 3.8) is 0 Å². The van der Waals surface area contributed by atoms with Crippen LogP contribution < -0.4 is 10.7 Å². The van der Waals surface area contributed by atoms with Crippen molar-refractivity contribution < 1.29 is 4.39 Å². The van der Waals surface area contributed by atoms with Crippen molar-refractivity contribution in [3.05, 3.63) is 60.7 Å². The van der Waals surface area contributed by atoms with Gasteiger partial charge in [-0.1, -0.05) is 12.7 Å². The maximum atomic E-state index is 14.0. The lowest BCUT2D eigenvalue weighted by atomic mass is 10.2. The maximum Gasteiger partial charge on any atom is 0.148 e. The van der Waals surface area contributed by atoms with E-state index in [0.29, 0.717) is 11.4 Å². The molecule has 0 fully saturated rings. The number of nitrogens with zero attached hydrogens (tertiary/aromatic N) is 2. The van der Waals surface area contributed by atoms with Crippen LogP contribution in [0.3, 0.4) is 0 Å². The molecule has 0 aliphatic rings. The predicted octanol–water partition coefficient (Wildman–Crippen LogP) is 3.89. The van der Waals surface area contributed by atoms with Gasteiger partial charge in [-0.2, -0.15) is 0 Å². The summed E-state index contributed by atoms with van der Waals surface area (Å²) in [5.74, 6) is -0.316. The van der Waals surface area contributed by atoms with E-state index in [1.54, 1.807) is 17.7 Å². The molecule has 0 aliphatic carbocycles. The highest BCUT2D eigenvalue weighted by Crippen LogP contribution is 2.25. The summed E-state index contributed by atoms with van der Waals surface area (Å²) < 4.78 is 14.8. The van der Waals surface area contributed by atoms with E-state index in [1.807, 2.05) is 24.3 Å². The Labute approximate surface area is 133 Å². The van der Waals surface area contributed by atoms with E-state index in [0.717, 1.165) is 23.2 Å². The normalized spacial score (nSPS) is 11.0. The summed E-state index contributed by atoms with van der Waals surface area (Å²) >= 11 is 1.42. The zero-order valence-electron chi connectivity index (χ0n) is 12.5. The van der Waals surface area contributed by atoms with Crippen LogP contribution in [-0.4, -0.2) is 23.6 Å². The monoisotopic (exact) mass is 318 g/mol. The van der Waals surface area contributed by atoms with E-state index in [9.17, 15) is 4.39 Å². The molecule has 0 saturated carbocycles. The lowest BCUT2D eigenvalue weighted by Gasteiger charge is -2.15. The molecule has 2 aromatic rings. The molecule has 116 valence electrons. The zero-order chi connectivity index (χ0) is 15.9. The molecule has 2 N–H and O–H groups in total. The number of hydrogen-bond acceptors (Lipinski definition) is 5. The average molecular weight is 318 g/mol. The first-order valence-corrected chi connectivity index (χ1v) is 7.72. The smallest absolute Gasteiger partial charge is 0.148 e. The molecule has 0 bridgehead atoms. The summed E-state index contributed by atoms with van der Waals surface area (Å²) in [6.45, 7) is 8.34. The number of hydrazine groups is 1. The Hall–Kier alpha value is -2.18. The van der Waals surface area contributed by atoms with E-state index >= 15 is 0 Å². The van der Waals surface area contributed by atoms with E-state index in [4.69, 9.17) is 0 Å². The molecular weight excluding hydrogens is 299 g/mol. The van der Waals surface area contributed by atoms with Crippen LogP contribution in [0.1, 0.15) is 6.42 Å². The van der Waals surface area contributed by atoms with Gasteiger partial charge in [0.2, 0.25) is 0 Å². The minimum atomic E-state index is -0.316. The number of nitrogens with one attached hydrogen (secondary N) is 2. The van der Waals surface area contributed by atoms with Gasteiger partial charge in [0.15, 0.2) is 0 Å². The highest BCUT2D eigenvalue weighted by molar-refractivity contribution is 7.16. The van der Waals surface area contributed by atoms with Gasteiger partial charge in [0.25, 0.3) is 0 Å². The van der Waals surface area contributed by atoms with Crippen molar-refractivity contribution in [2.24, 2.45) is 0 Å². The molecule has 0 amide bonds. The van der Waals surface area contributed by atoms with Crippen LogP contribution in [0.25, 0.3) is 10.2 Å². The second-order valence-electron chi connectivity index (χ2n) is 4.71. The number of aromatic nitrogens is 1.